The lowest BCUT2D eigenvalue weighted by atomic mass is 9.89. The largest absolute Gasteiger partial charge is 0.477 e. The monoisotopic (exact) mass is 416 g/mol. The van der Waals surface area contributed by atoms with Crippen molar-refractivity contribution >= 4 is 22.5 Å². The van der Waals surface area contributed by atoms with Crippen molar-refractivity contribution in [2.45, 2.75) is 19.2 Å². The minimum atomic E-state index is -4.95. The topological polar surface area (TPSA) is 61.8 Å². The second-order valence-corrected chi connectivity index (χ2v) is 6.76. The molecule has 5 nitrogen and oxygen atoms in total. The molecule has 2 aliphatic rings. The van der Waals surface area contributed by atoms with Gasteiger partial charge in [-0.3, -0.25) is 9.59 Å². The third kappa shape index (κ3) is 3.80. The van der Waals surface area contributed by atoms with Crippen LogP contribution < -0.4 is 4.74 Å². The molecule has 0 fully saturated rings. The quantitative estimate of drug-likeness (QED) is 0.685. The van der Waals surface area contributed by atoms with Crippen molar-refractivity contribution in [3.63, 3.8) is 0 Å². The van der Waals surface area contributed by atoms with Gasteiger partial charge in [0.15, 0.2) is 0 Å². The van der Waals surface area contributed by atoms with Crippen molar-refractivity contribution < 1.29 is 37.0 Å². The van der Waals surface area contributed by atoms with E-state index in [2.05, 4.69) is 0 Å². The van der Waals surface area contributed by atoms with Gasteiger partial charge < -0.3 is 14.2 Å². The van der Waals surface area contributed by atoms with Gasteiger partial charge in [-0.1, -0.05) is 36.4 Å². The van der Waals surface area contributed by atoms with Gasteiger partial charge >= 0.3 is 12.1 Å². The Hall–Kier alpha value is -3.55. The average Bonchev–Trinajstić information content (AvgIpc) is 2.68. The highest BCUT2D eigenvalue weighted by Crippen LogP contribution is 2.40. The van der Waals surface area contributed by atoms with Gasteiger partial charge in [-0.25, -0.2) is 0 Å². The van der Waals surface area contributed by atoms with E-state index in [9.17, 15) is 22.8 Å². The van der Waals surface area contributed by atoms with Crippen LogP contribution in [0.2, 0.25) is 0 Å². The molecule has 0 aromatic heterocycles. The van der Waals surface area contributed by atoms with Crippen molar-refractivity contribution in [1.29, 1.82) is 0 Å². The van der Waals surface area contributed by atoms with E-state index >= 15 is 0 Å². The van der Waals surface area contributed by atoms with Crippen molar-refractivity contribution in [3.05, 3.63) is 78.0 Å². The highest BCUT2D eigenvalue weighted by Gasteiger charge is 2.50. The fourth-order valence-corrected chi connectivity index (χ4v) is 3.30. The molecule has 1 aliphatic heterocycles. The van der Waals surface area contributed by atoms with Crippen LogP contribution in [0.3, 0.4) is 0 Å². The molecule has 0 amide bonds. The lowest BCUT2D eigenvalue weighted by Gasteiger charge is -2.33. The number of ketones is 1. The highest BCUT2D eigenvalue weighted by molar-refractivity contribution is 5.99. The van der Waals surface area contributed by atoms with E-state index in [4.69, 9.17) is 14.2 Å². The molecule has 0 radical (unpaired) electrons. The minimum absolute atomic E-state index is 0.0111. The first-order chi connectivity index (χ1) is 14.2. The Morgan fingerprint density at radius 2 is 1.83 bits per heavy atom. The first-order valence-corrected chi connectivity index (χ1v) is 9.00. The van der Waals surface area contributed by atoms with E-state index in [0.717, 1.165) is 17.7 Å². The number of benzene rings is 2. The Bertz CT molecular complexity index is 1130. The normalized spacial score (nSPS) is 21.1. The number of esters is 1. The second-order valence-electron chi connectivity index (χ2n) is 6.76. The fourth-order valence-electron chi connectivity index (χ4n) is 3.30. The maximum atomic E-state index is 13.6. The van der Waals surface area contributed by atoms with Crippen LogP contribution in [0.15, 0.2) is 78.0 Å². The van der Waals surface area contributed by atoms with Crippen molar-refractivity contribution in [2.75, 3.05) is 0 Å². The summed E-state index contributed by atoms with van der Waals surface area (Å²) < 4.78 is 56.3. The molecule has 1 heterocycles. The number of alkyl halides is 3. The van der Waals surface area contributed by atoms with Crippen LogP contribution in [0.5, 0.6) is 5.75 Å². The number of hydrogen-bond donors (Lipinski definition) is 0. The van der Waals surface area contributed by atoms with Crippen molar-refractivity contribution in [1.82, 2.24) is 0 Å². The number of carbonyl (C=O) groups excluding carboxylic acids is 2. The number of fused-ring (bicyclic) bond motifs is 2. The molecule has 30 heavy (non-hydrogen) atoms. The van der Waals surface area contributed by atoms with Crippen LogP contribution in [0.1, 0.15) is 6.92 Å². The maximum absolute atomic E-state index is 13.6. The van der Waals surface area contributed by atoms with Crippen LogP contribution >= 0.6 is 0 Å². The van der Waals surface area contributed by atoms with Gasteiger partial charge in [0.05, 0.1) is 5.92 Å². The van der Waals surface area contributed by atoms with Gasteiger partial charge in [-0.2, -0.15) is 13.2 Å². The molecule has 2 atom stereocenters. The number of allylic oxidation sites excluding steroid dienone is 3. The lowest BCUT2D eigenvalue weighted by molar-refractivity contribution is -0.156. The van der Waals surface area contributed by atoms with Crippen molar-refractivity contribution in [3.8, 4) is 5.75 Å². The SMILES string of the molecule is CC(=O)OC1=C[C@@H]2OC(C(F)(F)F)=C(Oc3ccc4ccccc4c3)C(=O)[C@H]2C=C1. The number of rotatable bonds is 3. The predicted octanol–water partition coefficient (Wildman–Crippen LogP) is 4.59. The molecule has 0 unspecified atom stereocenters. The molecule has 0 N–H and O–H groups in total. The van der Waals surface area contributed by atoms with Crippen molar-refractivity contribution in [2.24, 2.45) is 5.92 Å². The number of halogens is 3. The van der Waals surface area contributed by atoms with Crippen LogP contribution in [-0.4, -0.2) is 24.0 Å². The van der Waals surface area contributed by atoms with Gasteiger partial charge in [0.2, 0.25) is 17.3 Å². The zero-order valence-electron chi connectivity index (χ0n) is 15.6. The summed E-state index contributed by atoms with van der Waals surface area (Å²) in [6.07, 6.45) is -2.37. The van der Waals surface area contributed by atoms with Gasteiger partial charge in [0.25, 0.3) is 0 Å². The molecule has 0 saturated heterocycles. The van der Waals surface area contributed by atoms with E-state index in [1.54, 1.807) is 24.3 Å². The van der Waals surface area contributed by atoms with E-state index in [1.165, 1.54) is 24.3 Å². The van der Waals surface area contributed by atoms with Crippen LogP contribution in [0.25, 0.3) is 10.8 Å². The molecule has 0 bridgehead atoms. The molecule has 4 rings (SSSR count). The van der Waals surface area contributed by atoms with Gasteiger partial charge in [0, 0.05) is 6.92 Å². The van der Waals surface area contributed by atoms with E-state index in [1.807, 2.05) is 12.1 Å². The standard InChI is InChI=1S/C22H15F3O5/c1-12(26)28-16-8-9-17-18(11-16)30-21(22(23,24)25)20(19(17)27)29-15-7-6-13-4-2-3-5-14(13)10-15/h2-11,17-18H,1H3/t17-,18-/m0/s1. The number of hydrogen-bond acceptors (Lipinski definition) is 5. The highest BCUT2D eigenvalue weighted by atomic mass is 19.4. The van der Waals surface area contributed by atoms with Crippen LogP contribution in [0, 0.1) is 5.92 Å². The van der Waals surface area contributed by atoms with Gasteiger partial charge in [0.1, 0.15) is 17.6 Å². The zero-order valence-corrected chi connectivity index (χ0v) is 15.6. The Balaban J connectivity index is 1.71. The molecule has 8 heteroatoms. The summed E-state index contributed by atoms with van der Waals surface area (Å²) in [6.45, 7) is 1.16. The predicted molar refractivity (Wildman–Crippen MR) is 100 cm³/mol. The molecule has 0 saturated carbocycles. The Morgan fingerprint density at radius 1 is 1.10 bits per heavy atom. The Morgan fingerprint density at radius 3 is 2.53 bits per heavy atom. The summed E-state index contributed by atoms with van der Waals surface area (Å²) >= 11 is 0. The molecular formula is C22H15F3O5. The van der Waals surface area contributed by atoms with E-state index < -0.39 is 41.5 Å². The summed E-state index contributed by atoms with van der Waals surface area (Å²) in [5, 5.41) is 1.62. The first kappa shape index (κ1) is 19.8. The molecular weight excluding hydrogens is 401 g/mol. The van der Waals surface area contributed by atoms with Gasteiger partial charge in [-0.05, 0) is 35.1 Å². The summed E-state index contributed by atoms with van der Waals surface area (Å²) in [5.74, 6) is -4.89. The number of ether oxygens (including phenoxy) is 3. The maximum Gasteiger partial charge on any atom is 0.453 e. The third-order valence-corrected chi connectivity index (χ3v) is 4.60. The molecule has 2 aromatic carbocycles. The number of carbonyl (C=O) groups is 2. The van der Waals surface area contributed by atoms with Crippen LogP contribution in [-0.2, 0) is 19.1 Å². The summed E-state index contributed by atoms with van der Waals surface area (Å²) in [5.41, 5.74) is 0. The first-order valence-electron chi connectivity index (χ1n) is 9.00. The molecule has 154 valence electrons. The summed E-state index contributed by atoms with van der Waals surface area (Å²) in [6, 6.07) is 12.0. The molecule has 0 spiro atoms. The minimum Gasteiger partial charge on any atom is -0.477 e. The van der Waals surface area contributed by atoms with Gasteiger partial charge in [-0.15, -0.1) is 0 Å². The zero-order chi connectivity index (χ0) is 21.5. The second kappa shape index (κ2) is 7.37. The Labute approximate surface area is 169 Å². The molecule has 1 aliphatic carbocycles. The lowest BCUT2D eigenvalue weighted by Crippen LogP contribution is -2.41. The van der Waals surface area contributed by atoms with E-state index in [-0.39, 0.29) is 11.5 Å². The Kier molecular flexibility index (Phi) is 4.85. The van der Waals surface area contributed by atoms with Crippen LogP contribution in [0.4, 0.5) is 13.2 Å². The number of Topliss-reactive ketones (excluding diaryl/α,β-unsaturated/α-hetero) is 1. The fraction of sp³-hybridized carbons (Fsp3) is 0.182. The third-order valence-electron chi connectivity index (χ3n) is 4.60. The summed E-state index contributed by atoms with van der Waals surface area (Å²) in [4.78, 5) is 24.0. The summed E-state index contributed by atoms with van der Waals surface area (Å²) in [7, 11) is 0. The smallest absolute Gasteiger partial charge is 0.453 e. The molecule has 2 aromatic rings. The average molecular weight is 416 g/mol. The van der Waals surface area contributed by atoms with E-state index in [0.29, 0.717) is 0 Å².